The molecule has 2 rings (SSSR count). The molecule has 0 bridgehead atoms. The minimum Gasteiger partial charge on any atom is -0.381 e. The summed E-state index contributed by atoms with van der Waals surface area (Å²) in [4.78, 5) is 15.9. The molecule has 1 N–H and O–H groups in total. The molecule has 2 atom stereocenters. The number of hydrogen-bond acceptors (Lipinski definition) is 3. The number of amides is 1. The smallest absolute Gasteiger partial charge is 0.254 e. The molecule has 17 heavy (non-hydrogen) atoms. The standard InChI is InChI=1S/C12H15ClN2O2/c1-8(9-3-5-17-7-9)15-12(16)10-6-14-4-2-11(10)13/h2,4,6,8-9H,3,5,7H2,1H3,(H,15,16). The highest BCUT2D eigenvalue weighted by atomic mass is 35.5. The summed E-state index contributed by atoms with van der Waals surface area (Å²) >= 11 is 5.94. The average Bonchev–Trinajstić information content (AvgIpc) is 2.82. The highest BCUT2D eigenvalue weighted by molar-refractivity contribution is 6.33. The Hall–Kier alpha value is -1.13. The molecule has 0 aromatic carbocycles. The van der Waals surface area contributed by atoms with Gasteiger partial charge in [0.25, 0.3) is 5.91 Å². The molecule has 1 fully saturated rings. The van der Waals surface area contributed by atoms with E-state index in [2.05, 4.69) is 10.3 Å². The van der Waals surface area contributed by atoms with Gasteiger partial charge in [0, 0.05) is 31.0 Å². The minimum absolute atomic E-state index is 0.0845. The Morgan fingerprint density at radius 3 is 3.18 bits per heavy atom. The van der Waals surface area contributed by atoms with Gasteiger partial charge in [0.05, 0.1) is 17.2 Å². The van der Waals surface area contributed by atoms with E-state index in [1.54, 1.807) is 12.3 Å². The first-order valence-electron chi connectivity index (χ1n) is 5.66. The first-order valence-corrected chi connectivity index (χ1v) is 6.04. The molecule has 0 aliphatic carbocycles. The number of nitrogens with one attached hydrogen (secondary N) is 1. The number of aromatic nitrogens is 1. The van der Waals surface area contributed by atoms with E-state index in [0.29, 0.717) is 23.1 Å². The van der Waals surface area contributed by atoms with Gasteiger partial charge in [-0.25, -0.2) is 0 Å². The molecule has 1 amide bonds. The zero-order valence-corrected chi connectivity index (χ0v) is 10.4. The highest BCUT2D eigenvalue weighted by Crippen LogP contribution is 2.18. The topological polar surface area (TPSA) is 51.2 Å². The third-order valence-electron chi connectivity index (χ3n) is 3.04. The van der Waals surface area contributed by atoms with Crippen LogP contribution in [-0.4, -0.2) is 30.1 Å². The van der Waals surface area contributed by atoms with Crippen molar-refractivity contribution in [2.24, 2.45) is 5.92 Å². The number of nitrogens with zero attached hydrogens (tertiary/aromatic N) is 1. The zero-order valence-electron chi connectivity index (χ0n) is 9.65. The summed E-state index contributed by atoms with van der Waals surface area (Å²) in [5.41, 5.74) is 0.417. The SMILES string of the molecule is CC(NC(=O)c1cnccc1Cl)C1CCOC1. The number of pyridine rings is 1. The lowest BCUT2D eigenvalue weighted by molar-refractivity contribution is 0.0922. The van der Waals surface area contributed by atoms with E-state index in [-0.39, 0.29) is 11.9 Å². The Morgan fingerprint density at radius 1 is 1.71 bits per heavy atom. The first kappa shape index (κ1) is 12.3. The van der Waals surface area contributed by atoms with Crippen molar-refractivity contribution in [3.8, 4) is 0 Å². The molecule has 0 spiro atoms. The lowest BCUT2D eigenvalue weighted by Crippen LogP contribution is -2.38. The van der Waals surface area contributed by atoms with Crippen molar-refractivity contribution in [1.29, 1.82) is 0 Å². The Balaban J connectivity index is 1.99. The van der Waals surface area contributed by atoms with Gasteiger partial charge >= 0.3 is 0 Å². The van der Waals surface area contributed by atoms with Crippen molar-refractivity contribution >= 4 is 17.5 Å². The largest absolute Gasteiger partial charge is 0.381 e. The predicted octanol–water partition coefficient (Wildman–Crippen LogP) is 1.89. The Bertz CT molecular complexity index is 405. The van der Waals surface area contributed by atoms with E-state index in [1.165, 1.54) is 6.20 Å². The fourth-order valence-electron chi connectivity index (χ4n) is 1.89. The Kier molecular flexibility index (Phi) is 3.97. The van der Waals surface area contributed by atoms with Crippen molar-refractivity contribution < 1.29 is 9.53 Å². The van der Waals surface area contributed by atoms with Gasteiger partial charge in [-0.2, -0.15) is 0 Å². The maximum Gasteiger partial charge on any atom is 0.254 e. The summed E-state index contributed by atoms with van der Waals surface area (Å²) in [5, 5.41) is 3.36. The molecule has 1 aromatic heterocycles. The van der Waals surface area contributed by atoms with Gasteiger partial charge in [-0.1, -0.05) is 11.6 Å². The minimum atomic E-state index is -0.178. The van der Waals surface area contributed by atoms with Crippen molar-refractivity contribution in [3.63, 3.8) is 0 Å². The second kappa shape index (κ2) is 5.47. The van der Waals surface area contributed by atoms with Gasteiger partial charge in [0.2, 0.25) is 0 Å². The van der Waals surface area contributed by atoms with Gasteiger partial charge in [0.15, 0.2) is 0 Å². The predicted molar refractivity (Wildman–Crippen MR) is 65.1 cm³/mol. The summed E-state index contributed by atoms with van der Waals surface area (Å²) in [6.45, 7) is 3.47. The molecule has 2 unspecified atom stereocenters. The van der Waals surface area contributed by atoms with Crippen LogP contribution in [0.2, 0.25) is 5.02 Å². The van der Waals surface area contributed by atoms with E-state index < -0.39 is 0 Å². The van der Waals surface area contributed by atoms with Crippen LogP contribution in [0.4, 0.5) is 0 Å². The van der Waals surface area contributed by atoms with E-state index in [4.69, 9.17) is 16.3 Å². The van der Waals surface area contributed by atoms with Crippen LogP contribution in [0.5, 0.6) is 0 Å². The molecule has 1 aliphatic heterocycles. The summed E-state index contributed by atoms with van der Waals surface area (Å²) in [7, 11) is 0. The molecule has 0 radical (unpaired) electrons. The van der Waals surface area contributed by atoms with E-state index >= 15 is 0 Å². The van der Waals surface area contributed by atoms with Crippen molar-refractivity contribution in [2.75, 3.05) is 13.2 Å². The van der Waals surface area contributed by atoms with E-state index in [1.807, 2.05) is 6.92 Å². The maximum atomic E-state index is 12.0. The zero-order chi connectivity index (χ0) is 12.3. The van der Waals surface area contributed by atoms with Gasteiger partial charge in [-0.15, -0.1) is 0 Å². The fourth-order valence-corrected chi connectivity index (χ4v) is 2.09. The average molecular weight is 255 g/mol. The molecule has 1 saturated heterocycles. The van der Waals surface area contributed by atoms with Crippen LogP contribution >= 0.6 is 11.6 Å². The van der Waals surface area contributed by atoms with Crippen molar-refractivity contribution in [3.05, 3.63) is 29.0 Å². The van der Waals surface area contributed by atoms with Crippen LogP contribution in [-0.2, 0) is 4.74 Å². The van der Waals surface area contributed by atoms with Gasteiger partial charge in [-0.3, -0.25) is 9.78 Å². The van der Waals surface area contributed by atoms with Crippen molar-refractivity contribution in [2.45, 2.75) is 19.4 Å². The molecule has 1 aliphatic rings. The molecule has 0 saturated carbocycles. The third-order valence-corrected chi connectivity index (χ3v) is 3.37. The lowest BCUT2D eigenvalue weighted by atomic mass is 10.0. The monoisotopic (exact) mass is 254 g/mol. The third kappa shape index (κ3) is 2.96. The van der Waals surface area contributed by atoms with E-state index in [0.717, 1.165) is 13.0 Å². The lowest BCUT2D eigenvalue weighted by Gasteiger charge is -2.19. The van der Waals surface area contributed by atoms with Crippen LogP contribution < -0.4 is 5.32 Å². The Morgan fingerprint density at radius 2 is 2.53 bits per heavy atom. The normalized spacial score (nSPS) is 21.2. The highest BCUT2D eigenvalue weighted by Gasteiger charge is 2.24. The number of halogens is 1. The van der Waals surface area contributed by atoms with Crippen LogP contribution in [0.25, 0.3) is 0 Å². The summed E-state index contributed by atoms with van der Waals surface area (Å²) < 4.78 is 5.30. The van der Waals surface area contributed by atoms with Crippen LogP contribution in [0.15, 0.2) is 18.5 Å². The molecule has 5 heteroatoms. The molecule has 4 nitrogen and oxygen atoms in total. The maximum absolute atomic E-state index is 12.0. The molecule has 92 valence electrons. The van der Waals surface area contributed by atoms with Crippen molar-refractivity contribution in [1.82, 2.24) is 10.3 Å². The fraction of sp³-hybridized carbons (Fsp3) is 0.500. The number of hydrogen-bond donors (Lipinski definition) is 1. The van der Waals surface area contributed by atoms with Gasteiger partial charge in [0.1, 0.15) is 0 Å². The number of carbonyl (C=O) groups is 1. The number of rotatable bonds is 3. The van der Waals surface area contributed by atoms with Crippen LogP contribution in [0.3, 0.4) is 0 Å². The molecular weight excluding hydrogens is 240 g/mol. The molecule has 1 aromatic rings. The van der Waals surface area contributed by atoms with E-state index in [9.17, 15) is 4.79 Å². The second-order valence-electron chi connectivity index (χ2n) is 4.24. The number of ether oxygens (including phenoxy) is 1. The first-order chi connectivity index (χ1) is 8.18. The second-order valence-corrected chi connectivity index (χ2v) is 4.65. The quantitative estimate of drug-likeness (QED) is 0.896. The van der Waals surface area contributed by atoms with Crippen LogP contribution in [0, 0.1) is 5.92 Å². The van der Waals surface area contributed by atoms with Gasteiger partial charge in [-0.05, 0) is 19.4 Å². The molecular formula is C12H15ClN2O2. The molecule has 2 heterocycles. The van der Waals surface area contributed by atoms with Gasteiger partial charge < -0.3 is 10.1 Å². The Labute approximate surface area is 105 Å². The summed E-state index contributed by atoms with van der Waals surface area (Å²) in [5.74, 6) is 0.205. The summed E-state index contributed by atoms with van der Waals surface area (Å²) in [6, 6.07) is 1.70. The van der Waals surface area contributed by atoms with Crippen LogP contribution in [0.1, 0.15) is 23.7 Å². The number of carbonyl (C=O) groups excluding carboxylic acids is 1. The summed E-state index contributed by atoms with van der Waals surface area (Å²) in [6.07, 6.45) is 4.03.